The van der Waals surface area contributed by atoms with Crippen molar-refractivity contribution in [2.75, 3.05) is 25.7 Å². The van der Waals surface area contributed by atoms with Crippen LogP contribution in [0.3, 0.4) is 0 Å². The molecule has 132 valence electrons. The molecular weight excluding hydrogens is 316 g/mol. The minimum Gasteiger partial charge on any atom is -0.453 e. The Morgan fingerprint density at radius 3 is 2.64 bits per heavy atom. The van der Waals surface area contributed by atoms with Gasteiger partial charge in [-0.15, -0.1) is 0 Å². The van der Waals surface area contributed by atoms with Gasteiger partial charge < -0.3 is 19.7 Å². The van der Waals surface area contributed by atoms with Crippen molar-refractivity contribution in [1.29, 1.82) is 0 Å². The number of methoxy groups -OCH3 is 1. The Morgan fingerprint density at radius 2 is 1.88 bits per heavy atom. The second kappa shape index (κ2) is 8.03. The number of carbonyl (C=O) groups excluding carboxylic acids is 1. The first-order valence-corrected chi connectivity index (χ1v) is 8.47. The van der Waals surface area contributed by atoms with E-state index in [4.69, 9.17) is 9.47 Å². The molecule has 0 aliphatic carbocycles. The van der Waals surface area contributed by atoms with E-state index >= 15 is 0 Å². The molecule has 0 aromatic heterocycles. The van der Waals surface area contributed by atoms with Gasteiger partial charge in [-0.05, 0) is 23.6 Å². The van der Waals surface area contributed by atoms with Crippen LogP contribution in [0, 0.1) is 0 Å². The fourth-order valence-corrected chi connectivity index (χ4v) is 3.26. The van der Waals surface area contributed by atoms with Crippen LogP contribution >= 0.6 is 0 Å². The summed E-state index contributed by atoms with van der Waals surface area (Å²) in [6.45, 7) is 1.18. The topological polar surface area (TPSA) is 50.8 Å². The predicted octanol–water partition coefficient (Wildman–Crippen LogP) is 3.51. The lowest BCUT2D eigenvalue weighted by Gasteiger charge is -2.40. The number of carbonyl (C=O) groups is 1. The van der Waals surface area contributed by atoms with Gasteiger partial charge in [0.1, 0.15) is 0 Å². The van der Waals surface area contributed by atoms with Crippen molar-refractivity contribution in [3.63, 3.8) is 0 Å². The molecule has 0 spiro atoms. The first-order chi connectivity index (χ1) is 12.2. The number of para-hydroxylation sites is 1. The van der Waals surface area contributed by atoms with E-state index in [9.17, 15) is 4.79 Å². The number of fused-ring (bicyclic) bond motifs is 1. The maximum atomic E-state index is 11.7. The first-order valence-electron chi connectivity index (χ1n) is 8.47. The van der Waals surface area contributed by atoms with Crippen molar-refractivity contribution >= 4 is 11.8 Å². The van der Waals surface area contributed by atoms with Crippen molar-refractivity contribution < 1.29 is 14.3 Å². The standard InChI is InChI=1S/C20H24N2O3/c1-22-16(14-25-13-15-8-4-3-5-9-15)12-18(21-20(23)24-2)17-10-6-7-11-19(17)22/h3-11,16,18H,12-14H2,1-2H3,(H,21,23)/t16-,18-/m1/s1. The molecule has 0 unspecified atom stereocenters. The van der Waals surface area contributed by atoms with Crippen LogP contribution in [-0.2, 0) is 16.1 Å². The molecule has 1 aliphatic rings. The molecule has 25 heavy (non-hydrogen) atoms. The van der Waals surface area contributed by atoms with E-state index in [0.717, 1.165) is 23.2 Å². The van der Waals surface area contributed by atoms with Gasteiger partial charge >= 0.3 is 6.09 Å². The fourth-order valence-electron chi connectivity index (χ4n) is 3.26. The normalized spacial score (nSPS) is 19.2. The smallest absolute Gasteiger partial charge is 0.407 e. The number of benzene rings is 2. The Hall–Kier alpha value is -2.53. The van der Waals surface area contributed by atoms with E-state index in [1.165, 1.54) is 7.11 Å². The third kappa shape index (κ3) is 4.12. The van der Waals surface area contributed by atoms with Crippen LogP contribution in [-0.4, -0.2) is 32.9 Å². The molecule has 3 rings (SSSR count). The number of amides is 1. The first kappa shape index (κ1) is 17.3. The molecule has 2 aromatic carbocycles. The summed E-state index contributed by atoms with van der Waals surface area (Å²) in [4.78, 5) is 13.9. The minimum atomic E-state index is -0.409. The average molecular weight is 340 g/mol. The number of hydrogen-bond acceptors (Lipinski definition) is 4. The summed E-state index contributed by atoms with van der Waals surface area (Å²) in [7, 11) is 3.46. The van der Waals surface area contributed by atoms with Crippen LogP contribution in [0.25, 0.3) is 0 Å². The summed E-state index contributed by atoms with van der Waals surface area (Å²) in [5.41, 5.74) is 3.38. The van der Waals surface area contributed by atoms with Crippen LogP contribution in [0.1, 0.15) is 23.6 Å². The Morgan fingerprint density at radius 1 is 1.16 bits per heavy atom. The summed E-state index contributed by atoms with van der Waals surface area (Å²) < 4.78 is 10.7. The third-order valence-electron chi connectivity index (χ3n) is 4.65. The van der Waals surface area contributed by atoms with Gasteiger partial charge in [-0.25, -0.2) is 4.79 Å². The number of alkyl carbamates (subject to hydrolysis) is 1. The highest BCUT2D eigenvalue weighted by Gasteiger charge is 2.31. The molecule has 0 fully saturated rings. The van der Waals surface area contributed by atoms with Crippen molar-refractivity contribution in [1.82, 2.24) is 5.32 Å². The van der Waals surface area contributed by atoms with Gasteiger partial charge in [0.25, 0.3) is 0 Å². The van der Waals surface area contributed by atoms with Crippen LogP contribution in [0.15, 0.2) is 54.6 Å². The number of hydrogen-bond donors (Lipinski definition) is 1. The summed E-state index contributed by atoms with van der Waals surface area (Å²) in [5.74, 6) is 0. The maximum Gasteiger partial charge on any atom is 0.407 e. The number of ether oxygens (including phenoxy) is 2. The molecule has 0 saturated carbocycles. The monoisotopic (exact) mass is 340 g/mol. The largest absolute Gasteiger partial charge is 0.453 e. The molecule has 0 saturated heterocycles. The lowest BCUT2D eigenvalue weighted by Crippen LogP contribution is -2.45. The van der Waals surface area contributed by atoms with Gasteiger partial charge in [0.15, 0.2) is 0 Å². The Labute approximate surface area is 148 Å². The Bertz CT molecular complexity index is 705. The van der Waals surface area contributed by atoms with Crippen LogP contribution in [0.5, 0.6) is 0 Å². The molecule has 2 aromatic rings. The van der Waals surface area contributed by atoms with Crippen molar-refractivity contribution in [3.8, 4) is 0 Å². The summed E-state index contributed by atoms with van der Waals surface area (Å²) >= 11 is 0. The molecule has 1 aliphatic heterocycles. The third-order valence-corrected chi connectivity index (χ3v) is 4.65. The number of nitrogens with one attached hydrogen (secondary N) is 1. The highest BCUT2D eigenvalue weighted by Crippen LogP contribution is 2.36. The van der Waals surface area contributed by atoms with E-state index in [-0.39, 0.29) is 12.1 Å². The number of nitrogens with zero attached hydrogens (tertiary/aromatic N) is 1. The molecule has 1 amide bonds. The molecule has 1 N–H and O–H groups in total. The van der Waals surface area contributed by atoms with E-state index in [0.29, 0.717) is 13.2 Å². The molecule has 0 radical (unpaired) electrons. The Balaban J connectivity index is 1.69. The molecule has 5 heteroatoms. The minimum absolute atomic E-state index is 0.0785. The summed E-state index contributed by atoms with van der Waals surface area (Å²) in [6.07, 6.45) is 0.366. The molecule has 2 atom stereocenters. The highest BCUT2D eigenvalue weighted by atomic mass is 16.5. The van der Waals surface area contributed by atoms with Crippen LogP contribution in [0.4, 0.5) is 10.5 Å². The van der Waals surface area contributed by atoms with Gasteiger partial charge in [0.05, 0.1) is 32.4 Å². The zero-order valence-corrected chi connectivity index (χ0v) is 14.6. The lowest BCUT2D eigenvalue weighted by molar-refractivity contribution is 0.0992. The van der Waals surface area contributed by atoms with Crippen LogP contribution in [0.2, 0.25) is 0 Å². The maximum absolute atomic E-state index is 11.7. The number of rotatable bonds is 5. The molecule has 5 nitrogen and oxygen atoms in total. The van der Waals surface area contributed by atoms with E-state index in [1.807, 2.05) is 36.4 Å². The van der Waals surface area contributed by atoms with Crippen molar-refractivity contribution in [3.05, 3.63) is 65.7 Å². The zero-order chi connectivity index (χ0) is 17.6. The van der Waals surface area contributed by atoms with E-state index in [2.05, 4.69) is 35.5 Å². The average Bonchev–Trinajstić information content (AvgIpc) is 2.66. The van der Waals surface area contributed by atoms with Crippen LogP contribution < -0.4 is 10.2 Å². The van der Waals surface area contributed by atoms with E-state index in [1.54, 1.807) is 0 Å². The molecule has 0 bridgehead atoms. The van der Waals surface area contributed by atoms with Gasteiger partial charge in [-0.2, -0.15) is 0 Å². The van der Waals surface area contributed by atoms with Crippen molar-refractivity contribution in [2.24, 2.45) is 0 Å². The summed E-state index contributed by atoms with van der Waals surface area (Å²) in [5, 5.41) is 2.94. The SMILES string of the molecule is COC(=O)N[C@@H]1C[C@H](COCc2ccccc2)N(C)c2ccccc21. The van der Waals surface area contributed by atoms with Crippen molar-refractivity contribution in [2.45, 2.75) is 25.1 Å². The van der Waals surface area contributed by atoms with Gasteiger partial charge in [0.2, 0.25) is 0 Å². The lowest BCUT2D eigenvalue weighted by atomic mass is 9.92. The van der Waals surface area contributed by atoms with Gasteiger partial charge in [-0.1, -0.05) is 48.5 Å². The zero-order valence-electron chi connectivity index (χ0n) is 14.6. The van der Waals surface area contributed by atoms with Gasteiger partial charge in [0, 0.05) is 12.7 Å². The Kier molecular flexibility index (Phi) is 5.56. The second-order valence-electron chi connectivity index (χ2n) is 6.25. The predicted molar refractivity (Wildman–Crippen MR) is 97.6 cm³/mol. The number of likely N-dealkylation sites (N-methyl/N-ethyl adjacent to an activating group) is 1. The molecule has 1 heterocycles. The number of anilines is 1. The fraction of sp³-hybridized carbons (Fsp3) is 0.350. The quantitative estimate of drug-likeness (QED) is 0.905. The van der Waals surface area contributed by atoms with E-state index < -0.39 is 6.09 Å². The summed E-state index contributed by atoms with van der Waals surface area (Å²) in [6, 6.07) is 18.4. The molecular formula is C20H24N2O3. The van der Waals surface area contributed by atoms with Gasteiger partial charge in [-0.3, -0.25) is 0 Å². The second-order valence-corrected chi connectivity index (χ2v) is 6.25. The highest BCUT2D eigenvalue weighted by molar-refractivity contribution is 5.69.